The fourth-order valence-corrected chi connectivity index (χ4v) is 4.45. The number of aromatic nitrogens is 2. The first-order chi connectivity index (χ1) is 13.2. The van der Waals surface area contributed by atoms with Gasteiger partial charge in [-0.1, -0.05) is 12.1 Å². The van der Waals surface area contributed by atoms with Gasteiger partial charge < -0.3 is 14.5 Å². The van der Waals surface area contributed by atoms with Crippen molar-refractivity contribution >= 4 is 22.6 Å². The molecule has 0 spiro atoms. The third-order valence-corrected chi connectivity index (χ3v) is 6.24. The molecule has 1 aromatic carbocycles. The predicted molar refractivity (Wildman–Crippen MR) is 106 cm³/mol. The molecule has 1 amide bonds. The van der Waals surface area contributed by atoms with Crippen LogP contribution in [-0.2, 0) is 9.53 Å². The Morgan fingerprint density at radius 2 is 2.00 bits per heavy atom. The number of fused-ring (bicyclic) bond motifs is 1. The quantitative estimate of drug-likeness (QED) is 0.831. The summed E-state index contributed by atoms with van der Waals surface area (Å²) in [5.41, 5.74) is 0.921. The third-order valence-electron chi connectivity index (χ3n) is 6.24. The molecule has 2 fully saturated rings. The van der Waals surface area contributed by atoms with Crippen molar-refractivity contribution in [3.8, 4) is 0 Å². The summed E-state index contributed by atoms with van der Waals surface area (Å²) < 4.78 is 5.48. The van der Waals surface area contributed by atoms with Crippen LogP contribution in [0.1, 0.15) is 32.6 Å². The number of carbonyl (C=O) groups excluding carboxylic acids is 1. The third kappa shape index (κ3) is 3.50. The maximum atomic E-state index is 13.4. The molecule has 3 heterocycles. The minimum Gasteiger partial charge on any atom is -0.381 e. The van der Waals surface area contributed by atoms with Crippen molar-refractivity contribution in [3.63, 3.8) is 0 Å². The van der Waals surface area contributed by atoms with E-state index in [9.17, 15) is 4.79 Å². The van der Waals surface area contributed by atoms with Crippen molar-refractivity contribution in [1.82, 2.24) is 14.9 Å². The largest absolute Gasteiger partial charge is 0.381 e. The minimum atomic E-state index is -0.143. The van der Waals surface area contributed by atoms with Crippen LogP contribution in [0, 0.1) is 5.92 Å². The van der Waals surface area contributed by atoms with Gasteiger partial charge in [0.25, 0.3) is 0 Å². The first-order valence-electron chi connectivity index (χ1n) is 9.97. The van der Waals surface area contributed by atoms with E-state index in [-0.39, 0.29) is 18.0 Å². The summed E-state index contributed by atoms with van der Waals surface area (Å²) in [7, 11) is 1.96. The molecule has 2 aromatic rings. The van der Waals surface area contributed by atoms with E-state index < -0.39 is 0 Å². The molecule has 6 nitrogen and oxygen atoms in total. The molecule has 27 heavy (non-hydrogen) atoms. The monoisotopic (exact) mass is 368 g/mol. The molecular weight excluding hydrogens is 340 g/mol. The fraction of sp³-hybridized carbons (Fsp3) is 0.571. The second kappa shape index (κ2) is 7.80. The average Bonchev–Trinajstić information content (AvgIpc) is 3.22. The molecule has 2 atom stereocenters. The molecule has 0 N–H and O–H groups in total. The summed E-state index contributed by atoms with van der Waals surface area (Å²) in [6.07, 6.45) is 5.55. The van der Waals surface area contributed by atoms with Gasteiger partial charge in [0.15, 0.2) is 0 Å². The summed E-state index contributed by atoms with van der Waals surface area (Å²) in [4.78, 5) is 26.4. The van der Waals surface area contributed by atoms with Crippen LogP contribution in [-0.4, -0.2) is 59.7 Å². The van der Waals surface area contributed by atoms with E-state index in [0.29, 0.717) is 5.92 Å². The molecule has 0 saturated carbocycles. The Morgan fingerprint density at radius 3 is 2.81 bits per heavy atom. The van der Waals surface area contributed by atoms with Gasteiger partial charge in [-0.3, -0.25) is 4.79 Å². The zero-order valence-electron chi connectivity index (χ0n) is 16.2. The Kier molecular flexibility index (Phi) is 5.25. The number of ether oxygens (including phenoxy) is 1. The number of rotatable bonds is 4. The van der Waals surface area contributed by atoms with Gasteiger partial charge in [0.1, 0.15) is 18.2 Å². The Morgan fingerprint density at radius 1 is 1.22 bits per heavy atom. The Balaban J connectivity index is 1.56. The molecule has 0 radical (unpaired) electrons. The lowest BCUT2D eigenvalue weighted by Gasteiger charge is -2.37. The lowest BCUT2D eigenvalue weighted by molar-refractivity contribution is -0.134. The maximum Gasteiger partial charge on any atom is 0.245 e. The van der Waals surface area contributed by atoms with E-state index in [1.807, 2.05) is 36.2 Å². The van der Waals surface area contributed by atoms with Gasteiger partial charge in [-0.05, 0) is 50.7 Å². The molecule has 1 aromatic heterocycles. The number of para-hydroxylation sites is 1. The predicted octanol–water partition coefficient (Wildman–Crippen LogP) is 2.87. The average molecular weight is 368 g/mol. The van der Waals surface area contributed by atoms with Gasteiger partial charge in [0, 0.05) is 38.2 Å². The first kappa shape index (κ1) is 18.2. The fourth-order valence-electron chi connectivity index (χ4n) is 4.45. The molecule has 144 valence electrons. The van der Waals surface area contributed by atoms with Gasteiger partial charge >= 0.3 is 0 Å². The SMILES string of the molecule is CC(C1CCOCC1)N(C)C(=O)C1CCCN1c1ncnc2ccccc12. The van der Waals surface area contributed by atoms with Crippen LogP contribution in [0.25, 0.3) is 10.9 Å². The van der Waals surface area contributed by atoms with Gasteiger partial charge in [-0.25, -0.2) is 9.97 Å². The van der Waals surface area contributed by atoms with Crippen molar-refractivity contribution in [2.24, 2.45) is 5.92 Å². The van der Waals surface area contributed by atoms with Crippen LogP contribution < -0.4 is 4.90 Å². The highest BCUT2D eigenvalue weighted by atomic mass is 16.5. The number of carbonyl (C=O) groups is 1. The molecule has 2 aliphatic rings. The van der Waals surface area contributed by atoms with Crippen molar-refractivity contribution in [2.45, 2.75) is 44.7 Å². The summed E-state index contributed by atoms with van der Waals surface area (Å²) in [5, 5.41) is 1.01. The summed E-state index contributed by atoms with van der Waals surface area (Å²) in [5.74, 6) is 1.60. The van der Waals surface area contributed by atoms with Crippen molar-refractivity contribution in [1.29, 1.82) is 0 Å². The molecule has 0 bridgehead atoms. The van der Waals surface area contributed by atoms with E-state index in [0.717, 1.165) is 62.2 Å². The van der Waals surface area contributed by atoms with E-state index in [1.165, 1.54) is 0 Å². The maximum absolute atomic E-state index is 13.4. The van der Waals surface area contributed by atoms with Crippen LogP contribution in [0.5, 0.6) is 0 Å². The van der Waals surface area contributed by atoms with Crippen LogP contribution in [0.4, 0.5) is 5.82 Å². The number of anilines is 1. The normalized spacial score (nSPS) is 22.1. The number of hydrogen-bond acceptors (Lipinski definition) is 5. The zero-order valence-corrected chi connectivity index (χ0v) is 16.2. The molecule has 0 aliphatic carbocycles. The summed E-state index contributed by atoms with van der Waals surface area (Å²) in [6.45, 7) is 4.64. The zero-order chi connectivity index (χ0) is 18.8. The van der Waals surface area contributed by atoms with Crippen LogP contribution >= 0.6 is 0 Å². The van der Waals surface area contributed by atoms with E-state index >= 15 is 0 Å². The molecule has 2 saturated heterocycles. The second-order valence-corrected chi connectivity index (χ2v) is 7.71. The highest BCUT2D eigenvalue weighted by molar-refractivity contribution is 5.93. The number of benzene rings is 1. The lowest BCUT2D eigenvalue weighted by Crippen LogP contribution is -2.50. The van der Waals surface area contributed by atoms with Crippen LogP contribution in [0.3, 0.4) is 0 Å². The number of hydrogen-bond donors (Lipinski definition) is 0. The standard InChI is InChI=1S/C21H28N4O2/c1-15(16-9-12-27-13-10-16)24(2)21(26)19-8-5-11-25(19)20-17-6-3-4-7-18(17)22-14-23-20/h3-4,6-7,14-16,19H,5,8-13H2,1-2H3. The highest BCUT2D eigenvalue weighted by Gasteiger charge is 2.37. The minimum absolute atomic E-state index is 0.143. The smallest absolute Gasteiger partial charge is 0.245 e. The Hall–Kier alpha value is -2.21. The van der Waals surface area contributed by atoms with Crippen molar-refractivity contribution in [2.75, 3.05) is 31.7 Å². The van der Waals surface area contributed by atoms with Crippen molar-refractivity contribution in [3.05, 3.63) is 30.6 Å². The topological polar surface area (TPSA) is 58.6 Å². The summed E-state index contributed by atoms with van der Waals surface area (Å²) in [6, 6.07) is 8.10. The van der Waals surface area contributed by atoms with Gasteiger partial charge in [-0.15, -0.1) is 0 Å². The Bertz CT molecular complexity index is 800. The van der Waals surface area contributed by atoms with Gasteiger partial charge in [0.05, 0.1) is 5.52 Å². The molecule has 2 aliphatic heterocycles. The molecular formula is C21H28N4O2. The Labute approximate surface area is 160 Å². The van der Waals surface area contributed by atoms with Gasteiger partial charge in [-0.2, -0.15) is 0 Å². The molecule has 4 rings (SSSR count). The van der Waals surface area contributed by atoms with Crippen molar-refractivity contribution < 1.29 is 9.53 Å². The van der Waals surface area contributed by atoms with Crippen LogP contribution in [0.15, 0.2) is 30.6 Å². The number of nitrogens with zero attached hydrogens (tertiary/aromatic N) is 4. The van der Waals surface area contributed by atoms with Crippen LogP contribution in [0.2, 0.25) is 0 Å². The first-order valence-corrected chi connectivity index (χ1v) is 9.97. The lowest BCUT2D eigenvalue weighted by atomic mass is 9.91. The van der Waals surface area contributed by atoms with E-state index in [1.54, 1.807) is 6.33 Å². The number of amides is 1. The molecule has 6 heteroatoms. The summed E-state index contributed by atoms with van der Waals surface area (Å²) >= 11 is 0. The van der Waals surface area contributed by atoms with E-state index in [4.69, 9.17) is 4.74 Å². The van der Waals surface area contributed by atoms with E-state index in [2.05, 4.69) is 21.8 Å². The highest BCUT2D eigenvalue weighted by Crippen LogP contribution is 2.31. The van der Waals surface area contributed by atoms with Gasteiger partial charge in [0.2, 0.25) is 5.91 Å². The number of likely N-dealkylation sites (N-methyl/N-ethyl adjacent to an activating group) is 1. The molecule has 2 unspecified atom stereocenters. The second-order valence-electron chi connectivity index (χ2n) is 7.71.